The number of ether oxygens (including phenoxy) is 1. The number of pyridine rings is 1. The van der Waals surface area contributed by atoms with Crippen molar-refractivity contribution >= 4 is 0 Å². The number of aromatic nitrogens is 1. The summed E-state index contributed by atoms with van der Waals surface area (Å²) in [6.45, 7) is 2.05. The minimum atomic E-state index is -0.0452. The number of H-pyrrole nitrogens is 1. The number of hydrogen-bond donors (Lipinski definition) is 1. The van der Waals surface area contributed by atoms with Gasteiger partial charge in [-0.1, -0.05) is 13.3 Å². The van der Waals surface area contributed by atoms with E-state index in [9.17, 15) is 4.79 Å². The second-order valence-electron chi connectivity index (χ2n) is 2.63. The largest absolute Gasteiger partial charge is 0.482 e. The zero-order valence-electron chi connectivity index (χ0n) is 7.39. The van der Waals surface area contributed by atoms with E-state index in [4.69, 9.17) is 4.74 Å². The number of methoxy groups -OCH3 is 1. The van der Waals surface area contributed by atoms with E-state index in [2.05, 4.69) is 4.98 Å². The van der Waals surface area contributed by atoms with Crippen LogP contribution in [0.25, 0.3) is 0 Å². The van der Waals surface area contributed by atoms with Crippen molar-refractivity contribution in [3.05, 3.63) is 28.0 Å². The van der Waals surface area contributed by atoms with Crippen LogP contribution in [0.2, 0.25) is 0 Å². The molecule has 0 saturated heterocycles. The molecule has 3 heteroatoms. The first-order chi connectivity index (χ1) is 5.77. The molecule has 3 nitrogen and oxygen atoms in total. The van der Waals surface area contributed by atoms with Crippen molar-refractivity contribution in [1.82, 2.24) is 4.98 Å². The quantitative estimate of drug-likeness (QED) is 0.738. The maximum Gasteiger partial charge on any atom is 0.253 e. The topological polar surface area (TPSA) is 42.1 Å². The Labute approximate surface area is 71.4 Å². The average molecular weight is 167 g/mol. The lowest BCUT2D eigenvalue weighted by atomic mass is 10.2. The summed E-state index contributed by atoms with van der Waals surface area (Å²) in [6, 6.07) is 3.58. The molecule has 0 aromatic carbocycles. The van der Waals surface area contributed by atoms with E-state index in [-0.39, 0.29) is 5.56 Å². The van der Waals surface area contributed by atoms with Crippen LogP contribution in [0.4, 0.5) is 0 Å². The summed E-state index contributed by atoms with van der Waals surface area (Å²) < 4.78 is 4.87. The SMILES string of the molecule is CCCc1ccc(OC)[nH]c1=O. The highest BCUT2D eigenvalue weighted by Gasteiger charge is 1.98. The van der Waals surface area contributed by atoms with Gasteiger partial charge >= 0.3 is 0 Å². The standard InChI is InChI=1S/C9H13NO2/c1-3-4-7-5-6-8(12-2)10-9(7)11/h5-6H,3-4H2,1-2H3,(H,10,11). The Kier molecular flexibility index (Phi) is 2.91. The van der Waals surface area contributed by atoms with Gasteiger partial charge in [0.1, 0.15) is 0 Å². The van der Waals surface area contributed by atoms with Crippen LogP contribution < -0.4 is 10.3 Å². The molecule has 0 bridgehead atoms. The fourth-order valence-electron chi connectivity index (χ4n) is 1.07. The summed E-state index contributed by atoms with van der Waals surface area (Å²) in [4.78, 5) is 13.9. The fraction of sp³-hybridized carbons (Fsp3) is 0.444. The molecule has 0 unspecified atom stereocenters. The molecule has 66 valence electrons. The molecule has 0 amide bonds. The van der Waals surface area contributed by atoms with Crippen LogP contribution in [0.3, 0.4) is 0 Å². The Morgan fingerprint density at radius 2 is 2.25 bits per heavy atom. The normalized spacial score (nSPS) is 9.83. The van der Waals surface area contributed by atoms with Gasteiger partial charge in [-0.05, 0) is 18.6 Å². The number of aromatic amines is 1. The molecular weight excluding hydrogens is 154 g/mol. The summed E-state index contributed by atoms with van der Waals surface area (Å²) >= 11 is 0. The first kappa shape index (κ1) is 8.84. The number of aryl methyl sites for hydroxylation is 1. The van der Waals surface area contributed by atoms with E-state index >= 15 is 0 Å². The molecule has 1 heterocycles. The average Bonchev–Trinajstić information content (AvgIpc) is 2.09. The van der Waals surface area contributed by atoms with Crippen LogP contribution in [0.1, 0.15) is 18.9 Å². The van der Waals surface area contributed by atoms with Crippen molar-refractivity contribution in [2.45, 2.75) is 19.8 Å². The molecule has 1 N–H and O–H groups in total. The third-order valence-electron chi connectivity index (χ3n) is 1.70. The molecule has 0 saturated carbocycles. The zero-order chi connectivity index (χ0) is 8.97. The smallest absolute Gasteiger partial charge is 0.253 e. The van der Waals surface area contributed by atoms with Crippen molar-refractivity contribution in [1.29, 1.82) is 0 Å². The monoisotopic (exact) mass is 167 g/mol. The van der Waals surface area contributed by atoms with Gasteiger partial charge in [-0.25, -0.2) is 0 Å². The summed E-state index contributed by atoms with van der Waals surface area (Å²) in [7, 11) is 1.53. The van der Waals surface area contributed by atoms with Crippen LogP contribution in [-0.4, -0.2) is 12.1 Å². The Hall–Kier alpha value is -1.25. The second-order valence-corrected chi connectivity index (χ2v) is 2.63. The highest BCUT2D eigenvalue weighted by molar-refractivity contribution is 5.17. The van der Waals surface area contributed by atoms with Crippen molar-refractivity contribution in [3.63, 3.8) is 0 Å². The Bertz CT molecular complexity index is 304. The highest BCUT2D eigenvalue weighted by atomic mass is 16.5. The first-order valence-corrected chi connectivity index (χ1v) is 4.04. The maximum atomic E-state index is 11.3. The molecule has 0 radical (unpaired) electrons. The van der Waals surface area contributed by atoms with Crippen molar-refractivity contribution in [2.24, 2.45) is 0 Å². The maximum absolute atomic E-state index is 11.3. The van der Waals surface area contributed by atoms with Crippen LogP contribution in [0, 0.1) is 0 Å². The summed E-state index contributed by atoms with van der Waals surface area (Å²) in [5.41, 5.74) is 0.773. The third-order valence-corrected chi connectivity index (χ3v) is 1.70. The van der Waals surface area contributed by atoms with E-state index in [0.29, 0.717) is 5.88 Å². The van der Waals surface area contributed by atoms with E-state index in [1.165, 1.54) is 7.11 Å². The van der Waals surface area contributed by atoms with Gasteiger partial charge in [0.2, 0.25) is 0 Å². The Morgan fingerprint density at radius 1 is 1.50 bits per heavy atom. The van der Waals surface area contributed by atoms with E-state index < -0.39 is 0 Å². The lowest BCUT2D eigenvalue weighted by Gasteiger charge is -2.00. The van der Waals surface area contributed by atoms with Crippen molar-refractivity contribution in [2.75, 3.05) is 7.11 Å². The number of hydrogen-bond acceptors (Lipinski definition) is 2. The molecule has 0 spiro atoms. The molecule has 0 aliphatic heterocycles. The van der Waals surface area contributed by atoms with E-state index in [0.717, 1.165) is 18.4 Å². The van der Waals surface area contributed by atoms with Gasteiger partial charge in [0.15, 0.2) is 5.88 Å². The molecule has 0 atom stereocenters. The zero-order valence-corrected chi connectivity index (χ0v) is 7.39. The minimum Gasteiger partial charge on any atom is -0.482 e. The predicted molar refractivity (Wildman–Crippen MR) is 47.6 cm³/mol. The lowest BCUT2D eigenvalue weighted by molar-refractivity contribution is 0.396. The molecule has 12 heavy (non-hydrogen) atoms. The summed E-state index contributed by atoms with van der Waals surface area (Å²) in [6.07, 6.45) is 1.80. The van der Waals surface area contributed by atoms with Crippen molar-refractivity contribution < 1.29 is 4.74 Å². The van der Waals surface area contributed by atoms with Crippen LogP contribution in [0.15, 0.2) is 16.9 Å². The van der Waals surface area contributed by atoms with Crippen LogP contribution >= 0.6 is 0 Å². The van der Waals surface area contributed by atoms with Crippen LogP contribution in [0.5, 0.6) is 5.88 Å². The van der Waals surface area contributed by atoms with Gasteiger partial charge in [-0.15, -0.1) is 0 Å². The predicted octanol–water partition coefficient (Wildman–Crippen LogP) is 1.34. The van der Waals surface area contributed by atoms with Gasteiger partial charge in [0.25, 0.3) is 5.56 Å². The lowest BCUT2D eigenvalue weighted by Crippen LogP contribution is -2.12. The highest BCUT2D eigenvalue weighted by Crippen LogP contribution is 2.03. The fourth-order valence-corrected chi connectivity index (χ4v) is 1.07. The first-order valence-electron chi connectivity index (χ1n) is 4.04. The Morgan fingerprint density at radius 3 is 2.75 bits per heavy atom. The molecule has 1 rings (SSSR count). The summed E-state index contributed by atoms with van der Waals surface area (Å²) in [5, 5.41) is 0. The number of rotatable bonds is 3. The van der Waals surface area contributed by atoms with Gasteiger partial charge in [-0.3, -0.25) is 9.78 Å². The van der Waals surface area contributed by atoms with Crippen molar-refractivity contribution in [3.8, 4) is 5.88 Å². The molecule has 0 fully saturated rings. The Balaban J connectivity index is 2.96. The third kappa shape index (κ3) is 1.87. The molecular formula is C9H13NO2. The molecule has 0 aliphatic rings. The second kappa shape index (κ2) is 3.95. The van der Waals surface area contributed by atoms with Gasteiger partial charge in [0.05, 0.1) is 7.11 Å². The van der Waals surface area contributed by atoms with Gasteiger partial charge in [0, 0.05) is 5.56 Å². The van der Waals surface area contributed by atoms with E-state index in [1.54, 1.807) is 12.1 Å². The van der Waals surface area contributed by atoms with E-state index in [1.807, 2.05) is 6.92 Å². The number of nitrogens with one attached hydrogen (secondary N) is 1. The van der Waals surface area contributed by atoms with Gasteiger partial charge < -0.3 is 4.74 Å². The minimum absolute atomic E-state index is 0.0452. The molecule has 0 aliphatic carbocycles. The summed E-state index contributed by atoms with van der Waals surface area (Å²) in [5.74, 6) is 0.514. The molecule has 1 aromatic heterocycles. The van der Waals surface area contributed by atoms with Crippen LogP contribution in [-0.2, 0) is 6.42 Å². The van der Waals surface area contributed by atoms with Gasteiger partial charge in [-0.2, -0.15) is 0 Å². The molecule has 1 aromatic rings.